The van der Waals surface area contributed by atoms with Gasteiger partial charge in [0.15, 0.2) is 11.0 Å². The molecule has 7 heteroatoms. The van der Waals surface area contributed by atoms with Crippen molar-refractivity contribution in [2.24, 2.45) is 0 Å². The molecular weight excluding hydrogens is 444 g/mol. The van der Waals surface area contributed by atoms with Crippen LogP contribution in [0.3, 0.4) is 0 Å². The maximum Gasteiger partial charge on any atom is 0.196 e. The molecule has 1 fully saturated rings. The molecule has 34 heavy (non-hydrogen) atoms. The molecule has 172 valence electrons. The summed E-state index contributed by atoms with van der Waals surface area (Å²) >= 11 is 1.80. The molecule has 0 radical (unpaired) electrons. The third-order valence-corrected chi connectivity index (χ3v) is 7.38. The number of rotatable bonds is 8. The molecule has 4 aromatic rings. The number of pyridine rings is 1. The third kappa shape index (κ3) is 4.89. The van der Waals surface area contributed by atoms with Gasteiger partial charge in [-0.2, -0.15) is 0 Å². The Labute approximate surface area is 203 Å². The van der Waals surface area contributed by atoms with Crippen LogP contribution in [0.25, 0.3) is 16.8 Å². The van der Waals surface area contributed by atoms with Crippen LogP contribution in [0.5, 0.6) is 5.75 Å². The van der Waals surface area contributed by atoms with E-state index in [-0.39, 0.29) is 0 Å². The van der Waals surface area contributed by atoms with E-state index in [4.69, 9.17) is 4.74 Å². The molecule has 6 nitrogen and oxygen atoms in total. The molecule has 0 atom stereocenters. The van der Waals surface area contributed by atoms with Crippen molar-refractivity contribution in [3.8, 4) is 22.6 Å². The molecule has 0 N–H and O–H groups in total. The van der Waals surface area contributed by atoms with E-state index in [1.807, 2.05) is 60.8 Å². The second-order valence-corrected chi connectivity index (χ2v) is 9.74. The summed E-state index contributed by atoms with van der Waals surface area (Å²) in [7, 11) is 0. The molecular formula is C27H26N4O2S. The van der Waals surface area contributed by atoms with Gasteiger partial charge in [-0.1, -0.05) is 54.9 Å². The fourth-order valence-corrected chi connectivity index (χ4v) is 5.58. The Balaban J connectivity index is 1.35. The lowest BCUT2D eigenvalue weighted by Gasteiger charge is -2.13. The van der Waals surface area contributed by atoms with Crippen molar-refractivity contribution in [1.29, 1.82) is 0 Å². The maximum atomic E-state index is 10.9. The summed E-state index contributed by atoms with van der Waals surface area (Å²) in [6.07, 6.45) is 9.47. The fourth-order valence-electron chi connectivity index (χ4n) is 4.31. The summed E-state index contributed by atoms with van der Waals surface area (Å²) < 4.78 is 8.21. The zero-order valence-corrected chi connectivity index (χ0v) is 19.9. The van der Waals surface area contributed by atoms with Gasteiger partial charge in [0.05, 0.1) is 11.9 Å². The summed E-state index contributed by atoms with van der Waals surface area (Å²) in [5.74, 6) is 1.52. The molecule has 2 aromatic heterocycles. The van der Waals surface area contributed by atoms with Gasteiger partial charge in [0.25, 0.3) is 0 Å². The Kier molecular flexibility index (Phi) is 6.72. The van der Waals surface area contributed by atoms with Crippen LogP contribution in [-0.4, -0.2) is 31.3 Å². The fraction of sp³-hybridized carbons (Fsp3) is 0.259. The van der Waals surface area contributed by atoms with E-state index in [9.17, 15) is 4.79 Å². The van der Waals surface area contributed by atoms with Gasteiger partial charge in [-0.25, -0.2) is 0 Å². The molecule has 2 heterocycles. The smallest absolute Gasteiger partial charge is 0.196 e. The lowest BCUT2D eigenvalue weighted by Crippen LogP contribution is -2.08. The van der Waals surface area contributed by atoms with Crippen LogP contribution in [0.15, 0.2) is 72.1 Å². The number of thioether (sulfide) groups is 1. The first-order valence-electron chi connectivity index (χ1n) is 11.5. The number of aryl methyl sites for hydroxylation is 1. The Hall–Kier alpha value is -3.45. The van der Waals surface area contributed by atoms with E-state index in [1.165, 1.54) is 25.7 Å². The van der Waals surface area contributed by atoms with Crippen LogP contribution < -0.4 is 4.74 Å². The number of aromatic nitrogens is 4. The van der Waals surface area contributed by atoms with Crippen LogP contribution in [0.4, 0.5) is 0 Å². The van der Waals surface area contributed by atoms with Crippen molar-refractivity contribution in [3.05, 3.63) is 83.9 Å². The minimum absolute atomic E-state index is 0.305. The van der Waals surface area contributed by atoms with Crippen LogP contribution in [0, 0.1) is 6.92 Å². The number of hydrogen-bond acceptors (Lipinski definition) is 6. The van der Waals surface area contributed by atoms with Crippen molar-refractivity contribution in [2.45, 2.75) is 49.6 Å². The Morgan fingerprint density at radius 1 is 1.09 bits per heavy atom. The molecule has 1 aliphatic rings. The number of nitrogens with zero attached hydrogens (tertiary/aromatic N) is 4. The largest absolute Gasteiger partial charge is 0.486 e. The monoisotopic (exact) mass is 470 g/mol. The highest BCUT2D eigenvalue weighted by Gasteiger charge is 2.22. The predicted octanol–water partition coefficient (Wildman–Crippen LogP) is 6.06. The SMILES string of the molecule is Cc1cc(OCc2nnc(SC3CCCC3)n2-c2cccnc2)ccc1-c1ccc(C=O)cc1. The van der Waals surface area contributed by atoms with Crippen LogP contribution in [0.1, 0.15) is 47.4 Å². The van der Waals surface area contributed by atoms with Crippen LogP contribution in [0.2, 0.25) is 0 Å². The Morgan fingerprint density at radius 2 is 1.91 bits per heavy atom. The predicted molar refractivity (Wildman–Crippen MR) is 134 cm³/mol. The molecule has 1 saturated carbocycles. The quantitative estimate of drug-likeness (QED) is 0.291. The molecule has 0 aliphatic heterocycles. The minimum atomic E-state index is 0.305. The number of benzene rings is 2. The van der Waals surface area contributed by atoms with E-state index in [2.05, 4.69) is 26.7 Å². The van der Waals surface area contributed by atoms with E-state index in [0.29, 0.717) is 17.4 Å². The van der Waals surface area contributed by atoms with Crippen LogP contribution >= 0.6 is 11.8 Å². The molecule has 0 amide bonds. The van der Waals surface area contributed by atoms with E-state index in [1.54, 1.807) is 18.0 Å². The number of hydrogen-bond donors (Lipinski definition) is 0. The van der Waals surface area contributed by atoms with Gasteiger partial charge in [0.1, 0.15) is 18.6 Å². The summed E-state index contributed by atoms with van der Waals surface area (Å²) in [5.41, 5.74) is 4.89. The minimum Gasteiger partial charge on any atom is -0.486 e. The van der Waals surface area contributed by atoms with Gasteiger partial charge in [0, 0.05) is 17.0 Å². The molecule has 0 unspecified atom stereocenters. The number of carbonyl (C=O) groups is 1. The molecule has 0 spiro atoms. The highest BCUT2D eigenvalue weighted by atomic mass is 32.2. The normalized spacial score (nSPS) is 13.8. The summed E-state index contributed by atoms with van der Waals surface area (Å²) in [5, 5.41) is 10.4. The number of ether oxygens (including phenoxy) is 1. The number of aldehydes is 1. The van der Waals surface area contributed by atoms with E-state index < -0.39 is 0 Å². The van der Waals surface area contributed by atoms with Gasteiger partial charge in [0.2, 0.25) is 0 Å². The van der Waals surface area contributed by atoms with E-state index in [0.717, 1.165) is 45.4 Å². The second-order valence-electron chi connectivity index (χ2n) is 8.48. The third-order valence-electron chi connectivity index (χ3n) is 6.10. The van der Waals surface area contributed by atoms with Gasteiger partial charge in [-0.3, -0.25) is 14.3 Å². The molecule has 0 bridgehead atoms. The zero-order valence-electron chi connectivity index (χ0n) is 19.1. The first kappa shape index (κ1) is 22.3. The highest BCUT2D eigenvalue weighted by Crippen LogP contribution is 2.35. The van der Waals surface area contributed by atoms with E-state index >= 15 is 0 Å². The standard InChI is InChI=1S/C27H26N4O2S/c1-19-15-23(12-13-25(19)21-10-8-20(17-32)9-11-21)33-18-26-29-30-27(34-24-6-2-3-7-24)31(26)22-5-4-14-28-16-22/h4-5,8-17,24H,2-3,6-7,18H2,1H3. The van der Waals surface area contributed by atoms with Crippen molar-refractivity contribution in [2.75, 3.05) is 0 Å². The Bertz CT molecular complexity index is 1270. The first-order valence-corrected chi connectivity index (χ1v) is 12.4. The van der Waals surface area contributed by atoms with Gasteiger partial charge in [-0.15, -0.1) is 10.2 Å². The van der Waals surface area contributed by atoms with Crippen molar-refractivity contribution >= 4 is 18.0 Å². The van der Waals surface area contributed by atoms with Crippen molar-refractivity contribution in [3.63, 3.8) is 0 Å². The average Bonchev–Trinajstić information content (AvgIpc) is 3.54. The molecule has 1 aliphatic carbocycles. The summed E-state index contributed by atoms with van der Waals surface area (Å²) in [4.78, 5) is 15.2. The molecule has 5 rings (SSSR count). The Morgan fingerprint density at radius 3 is 2.62 bits per heavy atom. The average molecular weight is 471 g/mol. The second kappa shape index (κ2) is 10.2. The summed E-state index contributed by atoms with van der Waals surface area (Å²) in [6.45, 7) is 2.37. The van der Waals surface area contributed by atoms with Gasteiger partial charge < -0.3 is 4.74 Å². The lowest BCUT2D eigenvalue weighted by molar-refractivity contribution is 0.112. The summed E-state index contributed by atoms with van der Waals surface area (Å²) in [6, 6.07) is 17.6. The lowest BCUT2D eigenvalue weighted by atomic mass is 9.99. The van der Waals surface area contributed by atoms with Gasteiger partial charge >= 0.3 is 0 Å². The topological polar surface area (TPSA) is 69.9 Å². The molecule has 2 aromatic carbocycles. The van der Waals surface area contributed by atoms with Gasteiger partial charge in [-0.05, 0) is 60.7 Å². The van der Waals surface area contributed by atoms with Crippen molar-refractivity contribution in [1.82, 2.24) is 19.7 Å². The van der Waals surface area contributed by atoms with Crippen LogP contribution in [-0.2, 0) is 6.61 Å². The van der Waals surface area contributed by atoms with Crippen molar-refractivity contribution < 1.29 is 9.53 Å². The highest BCUT2D eigenvalue weighted by molar-refractivity contribution is 7.99. The maximum absolute atomic E-state index is 10.9. The number of carbonyl (C=O) groups excluding carboxylic acids is 1. The zero-order chi connectivity index (χ0) is 23.3. The first-order chi connectivity index (χ1) is 16.7. The molecule has 0 saturated heterocycles.